The fourth-order valence-electron chi connectivity index (χ4n) is 1.89. The van der Waals surface area contributed by atoms with Crippen molar-refractivity contribution in [2.75, 3.05) is 10.6 Å². The number of benzene rings is 2. The van der Waals surface area contributed by atoms with Crippen LogP contribution in [-0.2, 0) is 6.42 Å². The van der Waals surface area contributed by atoms with E-state index in [1.807, 2.05) is 48.5 Å². The lowest BCUT2D eigenvalue weighted by molar-refractivity contribution is 0.269. The highest BCUT2D eigenvalue weighted by molar-refractivity contribution is 7.97. The maximum atomic E-state index is 10.8. The lowest BCUT2D eigenvalue weighted by atomic mass is 10.0. The van der Waals surface area contributed by atoms with Crippen LogP contribution in [0.5, 0.6) is 0 Å². The third-order valence-corrected chi connectivity index (χ3v) is 3.04. The first-order valence-corrected chi connectivity index (χ1v) is 7.10. The van der Waals surface area contributed by atoms with Gasteiger partial charge in [0.25, 0.3) is 10.5 Å². The topological polar surface area (TPSA) is 58.2 Å². The summed E-state index contributed by atoms with van der Waals surface area (Å²) in [5.41, 5.74) is 3.67. The van der Waals surface area contributed by atoms with Gasteiger partial charge in [0.15, 0.2) is 0 Å². The highest BCUT2D eigenvalue weighted by Gasteiger charge is 2.00. The molecule has 2 aromatic rings. The van der Waals surface area contributed by atoms with Crippen LogP contribution in [0.1, 0.15) is 11.1 Å². The Bertz CT molecular complexity index is 582. The number of nitrogens with one attached hydrogen (secondary N) is 2. The molecule has 0 saturated heterocycles. The molecule has 0 fully saturated rings. The molecule has 0 saturated carbocycles. The molecule has 0 bridgehead atoms. The van der Waals surface area contributed by atoms with E-state index >= 15 is 0 Å². The normalized spacial score (nSPS) is 10.0. The Morgan fingerprint density at radius 3 is 1.33 bits per heavy atom. The highest BCUT2D eigenvalue weighted by Crippen LogP contribution is 2.16. The first kappa shape index (κ1) is 15.5. The molecule has 0 heterocycles. The molecule has 2 rings (SSSR count). The standard InChI is InChI=1S/C15H14N2O2S2/c18-14(20)16-12-5-1-10(2-6-12)9-11-3-7-13(8-4-11)17-15(19)21/h1-8H,9H2,(H2,16,18,20)(H2,17,19,21). The average Bonchev–Trinajstić information content (AvgIpc) is 2.42. The molecule has 4 nitrogen and oxygen atoms in total. The second-order valence-electron chi connectivity index (χ2n) is 4.43. The molecule has 2 N–H and O–H groups in total. The van der Waals surface area contributed by atoms with Crippen molar-refractivity contribution in [2.45, 2.75) is 6.42 Å². The van der Waals surface area contributed by atoms with Crippen LogP contribution in [0.25, 0.3) is 0 Å². The molecule has 21 heavy (non-hydrogen) atoms. The summed E-state index contributed by atoms with van der Waals surface area (Å²) in [6, 6.07) is 15.1. The summed E-state index contributed by atoms with van der Waals surface area (Å²) in [6.07, 6.45) is 0.768. The summed E-state index contributed by atoms with van der Waals surface area (Å²) in [5.74, 6) is 0. The number of thiol groups is 2. The zero-order valence-corrected chi connectivity index (χ0v) is 12.8. The Balaban J connectivity index is 2.01. The summed E-state index contributed by atoms with van der Waals surface area (Å²) in [5, 5.41) is 4.43. The van der Waals surface area contributed by atoms with Gasteiger partial charge in [0, 0.05) is 11.4 Å². The number of rotatable bonds is 4. The fraction of sp³-hybridized carbons (Fsp3) is 0.0667. The Morgan fingerprint density at radius 2 is 1.05 bits per heavy atom. The monoisotopic (exact) mass is 318 g/mol. The molecule has 0 aliphatic rings. The summed E-state index contributed by atoms with van der Waals surface area (Å²) < 4.78 is 0. The molecule has 0 atom stereocenters. The minimum atomic E-state index is -0.385. The molecule has 0 spiro atoms. The van der Waals surface area contributed by atoms with Gasteiger partial charge in [0.05, 0.1) is 0 Å². The summed E-state index contributed by atoms with van der Waals surface area (Å²) in [7, 11) is 0. The summed E-state index contributed by atoms with van der Waals surface area (Å²) in [6.45, 7) is 0. The van der Waals surface area contributed by atoms with Crippen LogP contribution in [0.15, 0.2) is 48.5 Å². The van der Waals surface area contributed by atoms with Gasteiger partial charge in [0.1, 0.15) is 0 Å². The van der Waals surface area contributed by atoms with Crippen LogP contribution >= 0.6 is 25.3 Å². The van der Waals surface area contributed by atoms with Gasteiger partial charge in [-0.1, -0.05) is 49.5 Å². The van der Waals surface area contributed by atoms with Crippen LogP contribution in [0.2, 0.25) is 0 Å². The van der Waals surface area contributed by atoms with Gasteiger partial charge in [-0.3, -0.25) is 9.59 Å². The number of hydrogen-bond acceptors (Lipinski definition) is 2. The van der Waals surface area contributed by atoms with Crippen LogP contribution < -0.4 is 10.6 Å². The van der Waals surface area contributed by atoms with Crippen LogP contribution in [0.3, 0.4) is 0 Å². The Morgan fingerprint density at radius 1 is 0.714 bits per heavy atom. The van der Waals surface area contributed by atoms with E-state index in [9.17, 15) is 9.59 Å². The van der Waals surface area contributed by atoms with Gasteiger partial charge in [-0.05, 0) is 41.8 Å². The third-order valence-electron chi connectivity index (χ3n) is 2.82. The molecule has 0 aliphatic heterocycles. The summed E-state index contributed by atoms with van der Waals surface area (Å²) >= 11 is 7.33. The Labute approximate surface area is 133 Å². The fourth-order valence-corrected chi connectivity index (χ4v) is 2.15. The zero-order chi connectivity index (χ0) is 15.2. The molecule has 2 aromatic carbocycles. The van der Waals surface area contributed by atoms with Gasteiger partial charge < -0.3 is 10.6 Å². The van der Waals surface area contributed by atoms with Crippen molar-refractivity contribution in [1.29, 1.82) is 0 Å². The van der Waals surface area contributed by atoms with Crippen LogP contribution in [0.4, 0.5) is 21.0 Å². The largest absolute Gasteiger partial charge is 0.317 e. The van der Waals surface area contributed by atoms with E-state index in [1.165, 1.54) is 0 Å². The predicted molar refractivity (Wildman–Crippen MR) is 91.7 cm³/mol. The van der Waals surface area contributed by atoms with E-state index in [2.05, 4.69) is 35.9 Å². The van der Waals surface area contributed by atoms with E-state index in [-0.39, 0.29) is 10.5 Å². The number of amides is 2. The van der Waals surface area contributed by atoms with Crippen LogP contribution in [0, 0.1) is 0 Å². The average molecular weight is 318 g/mol. The third kappa shape index (κ3) is 5.17. The van der Waals surface area contributed by atoms with E-state index in [1.54, 1.807) is 0 Å². The maximum Gasteiger partial charge on any atom is 0.280 e. The van der Waals surface area contributed by atoms with Crippen LogP contribution in [-0.4, -0.2) is 10.5 Å². The van der Waals surface area contributed by atoms with E-state index < -0.39 is 0 Å². The minimum absolute atomic E-state index is 0.385. The molecular weight excluding hydrogens is 304 g/mol. The van der Waals surface area contributed by atoms with Gasteiger partial charge in [-0.2, -0.15) is 0 Å². The lowest BCUT2D eigenvalue weighted by Gasteiger charge is -2.06. The van der Waals surface area contributed by atoms with Gasteiger partial charge in [0.2, 0.25) is 0 Å². The predicted octanol–water partition coefficient (Wildman–Crippen LogP) is 4.20. The zero-order valence-electron chi connectivity index (χ0n) is 11.0. The number of hydrogen-bond donors (Lipinski definition) is 4. The molecule has 6 heteroatoms. The highest BCUT2D eigenvalue weighted by atomic mass is 32.1. The molecule has 0 radical (unpaired) electrons. The van der Waals surface area contributed by atoms with Crippen molar-refractivity contribution in [3.63, 3.8) is 0 Å². The van der Waals surface area contributed by atoms with Crippen molar-refractivity contribution in [1.82, 2.24) is 0 Å². The van der Waals surface area contributed by atoms with E-state index in [4.69, 9.17) is 0 Å². The quantitative estimate of drug-likeness (QED) is 0.639. The SMILES string of the molecule is O=C(S)Nc1ccc(Cc2ccc(NC(=O)S)cc2)cc1. The van der Waals surface area contributed by atoms with E-state index in [0.717, 1.165) is 17.5 Å². The molecule has 0 aliphatic carbocycles. The van der Waals surface area contributed by atoms with E-state index in [0.29, 0.717) is 11.4 Å². The minimum Gasteiger partial charge on any atom is -0.317 e. The van der Waals surface area contributed by atoms with Gasteiger partial charge >= 0.3 is 0 Å². The number of carbonyl (C=O) groups excluding carboxylic acids is 2. The van der Waals surface area contributed by atoms with Gasteiger partial charge in [-0.25, -0.2) is 0 Å². The molecule has 0 unspecified atom stereocenters. The van der Waals surface area contributed by atoms with Crippen molar-refractivity contribution >= 4 is 47.1 Å². The lowest BCUT2D eigenvalue weighted by Crippen LogP contribution is -2.01. The second kappa shape index (κ2) is 7.19. The Kier molecular flexibility index (Phi) is 5.30. The smallest absolute Gasteiger partial charge is 0.280 e. The van der Waals surface area contributed by atoms with Crippen molar-refractivity contribution in [3.8, 4) is 0 Å². The second-order valence-corrected chi connectivity index (χ2v) is 5.24. The van der Waals surface area contributed by atoms with Crippen molar-refractivity contribution in [2.24, 2.45) is 0 Å². The molecule has 0 aromatic heterocycles. The number of carbonyl (C=O) groups is 2. The Hall–Kier alpha value is -1.92. The maximum absolute atomic E-state index is 10.8. The van der Waals surface area contributed by atoms with Crippen molar-refractivity contribution in [3.05, 3.63) is 59.7 Å². The molecule has 108 valence electrons. The first-order chi connectivity index (χ1) is 10.0. The van der Waals surface area contributed by atoms with Gasteiger partial charge in [-0.15, -0.1) is 0 Å². The molecular formula is C15H14N2O2S2. The van der Waals surface area contributed by atoms with Crippen molar-refractivity contribution < 1.29 is 9.59 Å². The number of anilines is 2. The molecule has 2 amide bonds. The first-order valence-electron chi connectivity index (χ1n) is 6.21. The summed E-state index contributed by atoms with van der Waals surface area (Å²) in [4.78, 5) is 21.6.